The van der Waals surface area contributed by atoms with Gasteiger partial charge in [-0.3, -0.25) is 0 Å². The van der Waals surface area contributed by atoms with Gasteiger partial charge in [0.05, 0.1) is 11.0 Å². The lowest BCUT2D eigenvalue weighted by Crippen LogP contribution is -2.12. The maximum atomic E-state index is 4.72. The summed E-state index contributed by atoms with van der Waals surface area (Å²) in [4.78, 5) is 4.72. The largest absolute Gasteiger partial charge is 0.331 e. The maximum Gasteiger partial charge on any atom is 0.112 e. The van der Waals surface area contributed by atoms with E-state index in [9.17, 15) is 0 Å². The minimum absolute atomic E-state index is 0.468. The molecule has 0 spiro atoms. The summed E-state index contributed by atoms with van der Waals surface area (Å²) < 4.78 is 2.23. The second kappa shape index (κ2) is 4.39. The van der Waals surface area contributed by atoms with Crippen molar-refractivity contribution in [3.05, 3.63) is 29.6 Å². The molecule has 1 unspecified atom stereocenters. The van der Waals surface area contributed by atoms with Crippen LogP contribution in [0.4, 0.5) is 0 Å². The Hall–Kier alpha value is -1.35. The molecule has 3 rings (SSSR count). The van der Waals surface area contributed by atoms with E-state index in [-0.39, 0.29) is 0 Å². The van der Waals surface area contributed by atoms with Gasteiger partial charge in [-0.15, -0.1) is 0 Å². The molecule has 2 aromatic rings. The van der Waals surface area contributed by atoms with Crippen LogP contribution in [0.25, 0.3) is 11.0 Å². The van der Waals surface area contributed by atoms with Crippen molar-refractivity contribution in [2.24, 2.45) is 7.05 Å². The highest BCUT2D eigenvalue weighted by Crippen LogP contribution is 2.27. The van der Waals surface area contributed by atoms with Gasteiger partial charge in [0.2, 0.25) is 0 Å². The zero-order chi connectivity index (χ0) is 12.7. The summed E-state index contributed by atoms with van der Waals surface area (Å²) in [6, 6.07) is 7.22. The molecular formula is C15H21N3. The van der Waals surface area contributed by atoms with Gasteiger partial charge in [-0.25, -0.2) is 4.98 Å². The fraction of sp³-hybridized carbons (Fsp3) is 0.533. The van der Waals surface area contributed by atoms with Gasteiger partial charge in [-0.05, 0) is 37.1 Å². The Morgan fingerprint density at radius 1 is 1.39 bits per heavy atom. The van der Waals surface area contributed by atoms with Crippen LogP contribution in [0.1, 0.15) is 50.0 Å². The molecule has 1 aromatic carbocycles. The van der Waals surface area contributed by atoms with Crippen molar-refractivity contribution in [2.75, 3.05) is 6.54 Å². The van der Waals surface area contributed by atoms with E-state index in [0.29, 0.717) is 12.0 Å². The van der Waals surface area contributed by atoms with Crippen LogP contribution in [0.2, 0.25) is 0 Å². The zero-order valence-corrected chi connectivity index (χ0v) is 11.4. The van der Waals surface area contributed by atoms with Crippen LogP contribution >= 0.6 is 0 Å². The van der Waals surface area contributed by atoms with Gasteiger partial charge >= 0.3 is 0 Å². The molecule has 1 saturated heterocycles. The van der Waals surface area contributed by atoms with E-state index in [1.807, 2.05) is 0 Å². The zero-order valence-electron chi connectivity index (χ0n) is 11.4. The number of imidazole rings is 1. The van der Waals surface area contributed by atoms with E-state index >= 15 is 0 Å². The number of nitrogens with one attached hydrogen (secondary N) is 1. The van der Waals surface area contributed by atoms with Crippen molar-refractivity contribution in [1.29, 1.82) is 0 Å². The summed E-state index contributed by atoms with van der Waals surface area (Å²) >= 11 is 0. The van der Waals surface area contributed by atoms with Crippen LogP contribution < -0.4 is 5.32 Å². The summed E-state index contributed by atoms with van der Waals surface area (Å²) in [5.74, 6) is 1.64. The highest BCUT2D eigenvalue weighted by molar-refractivity contribution is 5.77. The molecule has 1 N–H and O–H groups in total. The fourth-order valence-corrected chi connectivity index (χ4v) is 2.93. The van der Waals surface area contributed by atoms with Crippen LogP contribution in [0.5, 0.6) is 0 Å². The minimum atomic E-state index is 0.468. The van der Waals surface area contributed by atoms with E-state index in [2.05, 4.69) is 49.0 Å². The first-order valence-corrected chi connectivity index (χ1v) is 6.86. The van der Waals surface area contributed by atoms with E-state index in [4.69, 9.17) is 4.98 Å². The summed E-state index contributed by atoms with van der Waals surface area (Å²) in [5, 5.41) is 3.56. The predicted octanol–water partition coefficient (Wildman–Crippen LogP) is 3.12. The molecule has 18 heavy (non-hydrogen) atoms. The molecule has 0 bridgehead atoms. The molecule has 2 heterocycles. The van der Waals surface area contributed by atoms with E-state index in [1.165, 1.54) is 29.7 Å². The first-order chi connectivity index (χ1) is 8.66. The average Bonchev–Trinajstić information content (AvgIpc) is 2.97. The van der Waals surface area contributed by atoms with E-state index < -0.39 is 0 Å². The number of fused-ring (bicyclic) bond motifs is 1. The van der Waals surface area contributed by atoms with Crippen LogP contribution in [-0.4, -0.2) is 16.1 Å². The molecule has 3 nitrogen and oxygen atoms in total. The van der Waals surface area contributed by atoms with Gasteiger partial charge in [0.1, 0.15) is 5.82 Å². The molecular weight excluding hydrogens is 222 g/mol. The van der Waals surface area contributed by atoms with Crippen LogP contribution in [0.3, 0.4) is 0 Å². The highest BCUT2D eigenvalue weighted by Gasteiger charge is 2.18. The van der Waals surface area contributed by atoms with Gasteiger partial charge in [0, 0.05) is 19.0 Å². The van der Waals surface area contributed by atoms with Gasteiger partial charge < -0.3 is 9.88 Å². The quantitative estimate of drug-likeness (QED) is 0.878. The van der Waals surface area contributed by atoms with Crippen LogP contribution in [0.15, 0.2) is 18.2 Å². The van der Waals surface area contributed by atoms with E-state index in [1.54, 1.807) is 0 Å². The Morgan fingerprint density at radius 3 is 2.89 bits per heavy atom. The molecule has 1 aliphatic heterocycles. The second-order valence-corrected chi connectivity index (χ2v) is 5.58. The summed E-state index contributed by atoms with van der Waals surface area (Å²) in [7, 11) is 2.12. The number of hydrogen-bond acceptors (Lipinski definition) is 2. The molecule has 0 radical (unpaired) electrons. The first-order valence-electron chi connectivity index (χ1n) is 6.86. The van der Waals surface area contributed by atoms with Gasteiger partial charge in [-0.1, -0.05) is 19.9 Å². The lowest BCUT2D eigenvalue weighted by Gasteiger charge is -2.11. The van der Waals surface area contributed by atoms with Gasteiger partial charge in [-0.2, -0.15) is 0 Å². The van der Waals surface area contributed by atoms with Crippen molar-refractivity contribution in [1.82, 2.24) is 14.9 Å². The average molecular weight is 243 g/mol. The summed E-state index contributed by atoms with van der Waals surface area (Å²) in [5.41, 5.74) is 3.77. The van der Waals surface area contributed by atoms with Crippen molar-refractivity contribution in [2.45, 2.75) is 38.6 Å². The normalized spacial score (nSPS) is 20.1. The number of benzene rings is 1. The Kier molecular flexibility index (Phi) is 2.86. The third-order valence-electron chi connectivity index (χ3n) is 3.92. The Morgan fingerprint density at radius 2 is 2.22 bits per heavy atom. The molecule has 3 heteroatoms. The Balaban J connectivity index is 2.08. The Bertz CT molecular complexity index is 562. The summed E-state index contributed by atoms with van der Waals surface area (Å²) in [6.07, 6.45) is 2.53. The first kappa shape index (κ1) is 11.7. The molecule has 1 atom stereocenters. The second-order valence-electron chi connectivity index (χ2n) is 5.58. The van der Waals surface area contributed by atoms with Crippen molar-refractivity contribution in [3.63, 3.8) is 0 Å². The van der Waals surface area contributed by atoms with Crippen LogP contribution in [-0.2, 0) is 7.05 Å². The van der Waals surface area contributed by atoms with Crippen molar-refractivity contribution < 1.29 is 0 Å². The topological polar surface area (TPSA) is 29.9 Å². The molecule has 1 aliphatic rings. The van der Waals surface area contributed by atoms with E-state index in [0.717, 1.165) is 12.1 Å². The number of aryl methyl sites for hydroxylation is 1. The number of rotatable bonds is 2. The number of nitrogens with zero attached hydrogens (tertiary/aromatic N) is 2. The lowest BCUT2D eigenvalue weighted by molar-refractivity contribution is 0.648. The molecule has 0 amide bonds. The Labute approximate surface area is 108 Å². The lowest BCUT2D eigenvalue weighted by atomic mass is 10.0. The summed E-state index contributed by atoms with van der Waals surface area (Å²) in [6.45, 7) is 5.53. The monoisotopic (exact) mass is 243 g/mol. The molecule has 0 saturated carbocycles. The molecule has 1 fully saturated rings. The van der Waals surface area contributed by atoms with Crippen molar-refractivity contribution in [3.8, 4) is 0 Å². The van der Waals surface area contributed by atoms with Crippen LogP contribution in [0, 0.1) is 0 Å². The molecule has 1 aromatic heterocycles. The van der Waals surface area contributed by atoms with Gasteiger partial charge in [0.15, 0.2) is 0 Å². The third-order valence-corrected chi connectivity index (χ3v) is 3.92. The maximum absolute atomic E-state index is 4.72. The smallest absolute Gasteiger partial charge is 0.112 e. The molecule has 0 aliphatic carbocycles. The van der Waals surface area contributed by atoms with Gasteiger partial charge in [0.25, 0.3) is 0 Å². The highest BCUT2D eigenvalue weighted by atomic mass is 15.1. The fourth-order valence-electron chi connectivity index (χ4n) is 2.93. The standard InChI is InChI=1S/C15H21N3/c1-10(2)15-17-13-7-6-11(9-14(13)18(15)3)12-5-4-8-16-12/h6-7,9-10,12,16H,4-5,8H2,1-3H3. The number of hydrogen-bond donors (Lipinski definition) is 1. The minimum Gasteiger partial charge on any atom is -0.331 e. The third kappa shape index (κ3) is 1.83. The molecule has 96 valence electrons. The SMILES string of the molecule is CC(C)c1nc2ccc(C3CCCN3)cc2n1C. The number of aromatic nitrogens is 2. The van der Waals surface area contributed by atoms with Crippen molar-refractivity contribution >= 4 is 11.0 Å². The predicted molar refractivity (Wildman–Crippen MR) is 74.8 cm³/mol.